The summed E-state index contributed by atoms with van der Waals surface area (Å²) in [6, 6.07) is 4.67. The second kappa shape index (κ2) is 6.52. The maximum Gasteiger partial charge on any atom is 0.335 e. The number of carboxylic acids is 1. The third-order valence-corrected chi connectivity index (χ3v) is 3.96. The van der Waals surface area contributed by atoms with Crippen molar-refractivity contribution >= 4 is 17.6 Å². The first-order valence-corrected chi connectivity index (χ1v) is 6.75. The summed E-state index contributed by atoms with van der Waals surface area (Å²) in [5.41, 5.74) is 6.63. The Morgan fingerprint density at radius 2 is 1.90 bits per heavy atom. The van der Waals surface area contributed by atoms with Crippen LogP contribution < -0.4 is 11.1 Å². The van der Waals surface area contributed by atoms with Crippen molar-refractivity contribution in [2.24, 2.45) is 11.1 Å². The van der Waals surface area contributed by atoms with E-state index in [9.17, 15) is 9.59 Å². The number of nitrogens with one attached hydrogen (secondary N) is 1. The largest absolute Gasteiger partial charge is 0.478 e. The number of rotatable bonds is 6. The molecule has 0 aromatic heterocycles. The minimum atomic E-state index is -1.02. The first-order chi connectivity index (χ1) is 9.40. The number of hydrogen-bond acceptors (Lipinski definition) is 3. The lowest BCUT2D eigenvalue weighted by molar-refractivity contribution is -0.125. The van der Waals surface area contributed by atoms with E-state index in [2.05, 4.69) is 5.32 Å². The van der Waals surface area contributed by atoms with Crippen molar-refractivity contribution in [1.82, 2.24) is 0 Å². The van der Waals surface area contributed by atoms with Gasteiger partial charge in [0.15, 0.2) is 0 Å². The molecule has 4 N–H and O–H groups in total. The molecular weight excluding hydrogens is 256 g/mol. The lowest BCUT2D eigenvalue weighted by Gasteiger charge is -2.28. The van der Waals surface area contributed by atoms with Gasteiger partial charge in [-0.15, -0.1) is 0 Å². The maximum atomic E-state index is 12.4. The summed E-state index contributed by atoms with van der Waals surface area (Å²) in [4.78, 5) is 23.4. The molecule has 1 aromatic carbocycles. The molecule has 1 aromatic rings. The van der Waals surface area contributed by atoms with E-state index in [-0.39, 0.29) is 18.0 Å². The molecule has 0 saturated heterocycles. The monoisotopic (exact) mass is 278 g/mol. The average Bonchev–Trinajstić information content (AvgIpc) is 2.43. The lowest BCUT2D eigenvalue weighted by atomic mass is 9.81. The number of carboxylic acid groups (broad SMARTS) is 1. The zero-order valence-corrected chi connectivity index (χ0v) is 12.2. The molecular formula is C15H22N2O3. The molecule has 1 rings (SSSR count). The van der Waals surface area contributed by atoms with E-state index in [4.69, 9.17) is 10.8 Å². The molecule has 20 heavy (non-hydrogen) atoms. The van der Waals surface area contributed by atoms with Crippen molar-refractivity contribution in [3.63, 3.8) is 0 Å². The number of nitrogens with two attached hydrogens (primary N) is 1. The Labute approximate surface area is 119 Å². The number of aryl methyl sites for hydroxylation is 1. The number of benzene rings is 1. The van der Waals surface area contributed by atoms with Crippen LogP contribution in [0.4, 0.5) is 5.69 Å². The standard InChI is InChI=1S/C15H22N2O3/c1-4-15(5-2,9-16)14(20)17-12-8-11(13(18)19)7-6-10(12)3/h6-8H,4-5,9,16H2,1-3H3,(H,17,20)(H,18,19). The van der Waals surface area contributed by atoms with Gasteiger partial charge in [-0.1, -0.05) is 19.9 Å². The Morgan fingerprint density at radius 1 is 1.30 bits per heavy atom. The van der Waals surface area contributed by atoms with Gasteiger partial charge in [0.25, 0.3) is 0 Å². The van der Waals surface area contributed by atoms with E-state index in [1.807, 2.05) is 20.8 Å². The minimum Gasteiger partial charge on any atom is -0.478 e. The molecule has 0 aliphatic rings. The first-order valence-electron chi connectivity index (χ1n) is 6.75. The van der Waals surface area contributed by atoms with E-state index in [1.54, 1.807) is 6.07 Å². The van der Waals surface area contributed by atoms with Gasteiger partial charge >= 0.3 is 5.97 Å². The molecule has 0 spiro atoms. The molecule has 0 heterocycles. The van der Waals surface area contributed by atoms with Crippen LogP contribution in [0.3, 0.4) is 0 Å². The van der Waals surface area contributed by atoms with Crippen molar-refractivity contribution in [2.75, 3.05) is 11.9 Å². The third-order valence-electron chi connectivity index (χ3n) is 3.96. The fraction of sp³-hybridized carbons (Fsp3) is 0.467. The summed E-state index contributed by atoms with van der Waals surface area (Å²) in [5, 5.41) is 11.8. The lowest BCUT2D eigenvalue weighted by Crippen LogP contribution is -2.41. The van der Waals surface area contributed by atoms with Crippen LogP contribution in [0, 0.1) is 12.3 Å². The van der Waals surface area contributed by atoms with Crippen LogP contribution >= 0.6 is 0 Å². The van der Waals surface area contributed by atoms with Gasteiger partial charge in [0.2, 0.25) is 5.91 Å². The van der Waals surface area contributed by atoms with Crippen molar-refractivity contribution in [1.29, 1.82) is 0 Å². The van der Waals surface area contributed by atoms with Gasteiger partial charge in [0, 0.05) is 12.2 Å². The Balaban J connectivity index is 3.06. The smallest absolute Gasteiger partial charge is 0.335 e. The predicted octanol–water partition coefficient (Wildman–Crippen LogP) is 2.40. The Morgan fingerprint density at radius 3 is 2.35 bits per heavy atom. The average molecular weight is 278 g/mol. The van der Waals surface area contributed by atoms with E-state index in [1.165, 1.54) is 12.1 Å². The van der Waals surface area contributed by atoms with Gasteiger partial charge in [-0.05, 0) is 37.5 Å². The van der Waals surface area contributed by atoms with Crippen molar-refractivity contribution in [3.05, 3.63) is 29.3 Å². The molecule has 0 aliphatic heterocycles. The fourth-order valence-electron chi connectivity index (χ4n) is 2.10. The number of hydrogen-bond donors (Lipinski definition) is 3. The number of anilines is 1. The molecule has 0 saturated carbocycles. The molecule has 0 radical (unpaired) electrons. The van der Waals surface area contributed by atoms with Crippen LogP contribution in [0.1, 0.15) is 42.6 Å². The Kier molecular flexibility index (Phi) is 5.27. The summed E-state index contributed by atoms with van der Waals surface area (Å²) < 4.78 is 0. The summed E-state index contributed by atoms with van der Waals surface area (Å²) in [7, 11) is 0. The van der Waals surface area contributed by atoms with Gasteiger partial charge in [-0.3, -0.25) is 4.79 Å². The third kappa shape index (κ3) is 3.17. The molecule has 0 atom stereocenters. The molecule has 5 nitrogen and oxygen atoms in total. The highest BCUT2D eigenvalue weighted by molar-refractivity contribution is 5.97. The molecule has 5 heteroatoms. The highest BCUT2D eigenvalue weighted by Gasteiger charge is 2.33. The molecule has 0 fully saturated rings. The highest BCUT2D eigenvalue weighted by atomic mass is 16.4. The van der Waals surface area contributed by atoms with E-state index in [0.717, 1.165) is 5.56 Å². The second-order valence-electron chi connectivity index (χ2n) is 4.98. The van der Waals surface area contributed by atoms with Crippen LogP contribution in [0.2, 0.25) is 0 Å². The minimum absolute atomic E-state index is 0.150. The second-order valence-corrected chi connectivity index (χ2v) is 4.98. The van der Waals surface area contributed by atoms with Crippen LogP contribution in [-0.4, -0.2) is 23.5 Å². The highest BCUT2D eigenvalue weighted by Crippen LogP contribution is 2.28. The van der Waals surface area contributed by atoms with Gasteiger partial charge in [0.05, 0.1) is 11.0 Å². The van der Waals surface area contributed by atoms with E-state index < -0.39 is 11.4 Å². The summed E-state index contributed by atoms with van der Waals surface area (Å²) in [6.45, 7) is 5.94. The first kappa shape index (κ1) is 16.2. The normalized spacial score (nSPS) is 11.2. The van der Waals surface area contributed by atoms with Crippen LogP contribution in [-0.2, 0) is 4.79 Å². The zero-order chi connectivity index (χ0) is 15.3. The number of aromatic carboxylic acids is 1. The summed E-state index contributed by atoms with van der Waals surface area (Å²) in [5.74, 6) is -1.17. The van der Waals surface area contributed by atoms with Crippen LogP contribution in [0.15, 0.2) is 18.2 Å². The quantitative estimate of drug-likeness (QED) is 0.745. The molecule has 0 aliphatic carbocycles. The molecule has 1 amide bonds. The van der Waals surface area contributed by atoms with E-state index >= 15 is 0 Å². The van der Waals surface area contributed by atoms with Crippen molar-refractivity contribution in [3.8, 4) is 0 Å². The topological polar surface area (TPSA) is 92.4 Å². The number of carbonyl (C=O) groups excluding carboxylic acids is 1. The maximum absolute atomic E-state index is 12.4. The zero-order valence-electron chi connectivity index (χ0n) is 12.2. The molecule has 110 valence electrons. The van der Waals surface area contributed by atoms with Gasteiger partial charge < -0.3 is 16.2 Å². The molecule has 0 unspecified atom stereocenters. The van der Waals surface area contributed by atoms with Crippen LogP contribution in [0.5, 0.6) is 0 Å². The van der Waals surface area contributed by atoms with Gasteiger partial charge in [-0.2, -0.15) is 0 Å². The van der Waals surface area contributed by atoms with Gasteiger partial charge in [-0.25, -0.2) is 4.79 Å². The number of carbonyl (C=O) groups is 2. The Bertz CT molecular complexity index is 500. The van der Waals surface area contributed by atoms with Gasteiger partial charge in [0.1, 0.15) is 0 Å². The Hall–Kier alpha value is -1.88. The van der Waals surface area contributed by atoms with Crippen LogP contribution in [0.25, 0.3) is 0 Å². The SMILES string of the molecule is CCC(CC)(CN)C(=O)Nc1cc(C(=O)O)ccc1C. The van der Waals surface area contributed by atoms with E-state index in [0.29, 0.717) is 18.5 Å². The summed E-state index contributed by atoms with van der Waals surface area (Å²) in [6.07, 6.45) is 1.28. The van der Waals surface area contributed by atoms with Crippen molar-refractivity contribution < 1.29 is 14.7 Å². The fourth-order valence-corrected chi connectivity index (χ4v) is 2.10. The number of amides is 1. The summed E-state index contributed by atoms with van der Waals surface area (Å²) >= 11 is 0. The molecule has 0 bridgehead atoms. The van der Waals surface area contributed by atoms with Crippen molar-refractivity contribution in [2.45, 2.75) is 33.6 Å². The predicted molar refractivity (Wildman–Crippen MR) is 78.8 cm³/mol.